The molecule has 5 amide bonds. The Bertz CT molecular complexity index is 1820. The number of primary amides is 1. The van der Waals surface area contributed by atoms with Gasteiger partial charge in [-0.1, -0.05) is 78.9 Å². The molecule has 4 aromatic rings. The third-order valence-electron chi connectivity index (χ3n) is 8.23. The summed E-state index contributed by atoms with van der Waals surface area (Å²) >= 11 is 0. The standard InChI is InChI=1S/C37H45N9O5/c1-23(47)43-31(19-24-11-4-2-5-12-24)35(50)46-32(20-25-13-6-3-7-14-25)36(51)44-29(17-10-18-41-37(39)40)34(49)45-30(33(38)48)21-26-22-42-28-16-9-8-15-27(26)28/h2-9,11-16,22,29-32,42H,10,17-21H2,1H3,(H2,38,48)(H,43,47)(H,44,51)(H,45,49)(H,46,50)(H4,39,40,41)/t29-,30-,31+,32+/m0/s1. The molecule has 0 saturated heterocycles. The number of aromatic amines is 1. The van der Waals surface area contributed by atoms with Gasteiger partial charge in [0.2, 0.25) is 29.5 Å². The van der Waals surface area contributed by atoms with Gasteiger partial charge in [-0.15, -0.1) is 0 Å². The van der Waals surface area contributed by atoms with Gasteiger partial charge in [-0.2, -0.15) is 0 Å². The van der Waals surface area contributed by atoms with Crippen molar-refractivity contribution in [3.63, 3.8) is 0 Å². The highest BCUT2D eigenvalue weighted by Crippen LogP contribution is 2.19. The Morgan fingerprint density at radius 3 is 1.73 bits per heavy atom. The van der Waals surface area contributed by atoms with Crippen LogP contribution in [0.3, 0.4) is 0 Å². The number of carbonyl (C=O) groups is 5. The van der Waals surface area contributed by atoms with Gasteiger partial charge in [0, 0.05) is 49.8 Å². The van der Waals surface area contributed by atoms with Crippen LogP contribution in [0.25, 0.3) is 10.9 Å². The van der Waals surface area contributed by atoms with E-state index in [4.69, 9.17) is 17.2 Å². The zero-order valence-corrected chi connectivity index (χ0v) is 28.4. The lowest BCUT2D eigenvalue weighted by Crippen LogP contribution is -2.59. The molecule has 0 fully saturated rings. The van der Waals surface area contributed by atoms with Crippen LogP contribution < -0.4 is 38.5 Å². The number of hydrogen-bond donors (Lipinski definition) is 8. The Balaban J connectivity index is 1.56. The van der Waals surface area contributed by atoms with Gasteiger partial charge in [-0.25, -0.2) is 0 Å². The smallest absolute Gasteiger partial charge is 0.243 e. The monoisotopic (exact) mass is 695 g/mol. The molecule has 51 heavy (non-hydrogen) atoms. The van der Waals surface area contributed by atoms with Crippen LogP contribution in [-0.4, -0.2) is 71.2 Å². The van der Waals surface area contributed by atoms with Crippen molar-refractivity contribution in [1.29, 1.82) is 0 Å². The lowest BCUT2D eigenvalue weighted by atomic mass is 10.0. The number of aliphatic imine (C=N–C) groups is 1. The van der Waals surface area contributed by atoms with E-state index < -0.39 is 53.7 Å². The lowest BCUT2D eigenvalue weighted by Gasteiger charge is -2.26. The van der Waals surface area contributed by atoms with Crippen molar-refractivity contribution >= 4 is 46.4 Å². The fourth-order valence-corrected chi connectivity index (χ4v) is 5.70. The number of hydrogen-bond acceptors (Lipinski definition) is 6. The molecular weight excluding hydrogens is 650 g/mol. The molecule has 0 saturated carbocycles. The fourth-order valence-electron chi connectivity index (χ4n) is 5.70. The Labute approximate surface area is 296 Å². The SMILES string of the molecule is CC(=O)N[C@H](Cc1ccccc1)C(=O)N[C@H](Cc1ccccc1)C(=O)N[C@@H](CCCN=C(N)N)C(=O)N[C@@H](Cc1c[nH]c2ccccc12)C(N)=O. The average molecular weight is 696 g/mol. The Morgan fingerprint density at radius 2 is 1.16 bits per heavy atom. The number of H-pyrrole nitrogens is 1. The number of fused-ring (bicyclic) bond motifs is 1. The van der Waals surface area contributed by atoms with Gasteiger partial charge >= 0.3 is 0 Å². The maximum Gasteiger partial charge on any atom is 0.243 e. The van der Waals surface area contributed by atoms with E-state index in [2.05, 4.69) is 31.2 Å². The number of aromatic nitrogens is 1. The second-order valence-corrected chi connectivity index (χ2v) is 12.2. The van der Waals surface area contributed by atoms with Gasteiger partial charge < -0.3 is 43.5 Å². The maximum absolute atomic E-state index is 14.0. The summed E-state index contributed by atoms with van der Waals surface area (Å²) in [6, 6.07) is 21.4. The summed E-state index contributed by atoms with van der Waals surface area (Å²) in [6.45, 7) is 1.49. The summed E-state index contributed by atoms with van der Waals surface area (Å²) in [5.74, 6) is -3.17. The Kier molecular flexibility index (Phi) is 13.7. The normalized spacial score (nSPS) is 13.2. The minimum atomic E-state index is -1.15. The van der Waals surface area contributed by atoms with Gasteiger partial charge in [-0.3, -0.25) is 29.0 Å². The van der Waals surface area contributed by atoms with Gasteiger partial charge in [0.1, 0.15) is 24.2 Å². The highest BCUT2D eigenvalue weighted by atomic mass is 16.2. The maximum atomic E-state index is 14.0. The molecule has 1 aromatic heterocycles. The highest BCUT2D eigenvalue weighted by Gasteiger charge is 2.31. The molecule has 3 aromatic carbocycles. The molecule has 14 nitrogen and oxygen atoms in total. The van der Waals surface area contributed by atoms with Crippen molar-refractivity contribution in [2.75, 3.05) is 6.54 Å². The second kappa shape index (κ2) is 18.5. The van der Waals surface area contributed by atoms with Gasteiger partial charge in [0.15, 0.2) is 5.96 Å². The van der Waals surface area contributed by atoms with Gasteiger partial charge in [0.25, 0.3) is 0 Å². The summed E-state index contributed by atoms with van der Waals surface area (Å²) < 4.78 is 0. The first kappa shape index (κ1) is 37.6. The van der Waals surface area contributed by atoms with Crippen LogP contribution in [0.5, 0.6) is 0 Å². The fraction of sp³-hybridized carbons (Fsp3) is 0.297. The zero-order valence-electron chi connectivity index (χ0n) is 28.4. The number of nitrogens with zero attached hydrogens (tertiary/aromatic N) is 1. The van der Waals surface area contributed by atoms with E-state index in [0.717, 1.165) is 27.6 Å². The first-order valence-electron chi connectivity index (χ1n) is 16.7. The number of carbonyl (C=O) groups excluding carboxylic acids is 5. The molecule has 268 valence electrons. The van der Waals surface area contributed by atoms with Gasteiger partial charge in [0.05, 0.1) is 0 Å². The molecule has 0 unspecified atom stereocenters. The van der Waals surface area contributed by atoms with Crippen LogP contribution in [0.15, 0.2) is 96.1 Å². The van der Waals surface area contributed by atoms with Crippen molar-refractivity contribution in [3.8, 4) is 0 Å². The molecule has 4 rings (SSSR count). The van der Waals surface area contributed by atoms with E-state index >= 15 is 0 Å². The second-order valence-electron chi connectivity index (χ2n) is 12.2. The largest absolute Gasteiger partial charge is 0.370 e. The summed E-state index contributed by atoms with van der Waals surface area (Å²) in [4.78, 5) is 73.2. The van der Waals surface area contributed by atoms with Crippen LogP contribution in [0, 0.1) is 0 Å². The topological polar surface area (TPSA) is 240 Å². The Hall–Kier alpha value is -6.18. The van der Waals surface area contributed by atoms with Crippen molar-refractivity contribution in [2.24, 2.45) is 22.2 Å². The van der Waals surface area contributed by atoms with Crippen LogP contribution >= 0.6 is 0 Å². The predicted molar refractivity (Wildman–Crippen MR) is 195 cm³/mol. The van der Waals surface area contributed by atoms with E-state index in [9.17, 15) is 24.0 Å². The molecule has 0 bridgehead atoms. The number of benzene rings is 3. The van der Waals surface area contributed by atoms with E-state index in [0.29, 0.717) is 6.42 Å². The summed E-state index contributed by atoms with van der Waals surface area (Å²) in [7, 11) is 0. The van der Waals surface area contributed by atoms with Crippen molar-refractivity contribution in [1.82, 2.24) is 26.3 Å². The summed E-state index contributed by atoms with van der Waals surface area (Å²) in [5.41, 5.74) is 19.9. The number of para-hydroxylation sites is 1. The minimum absolute atomic E-state index is 0.0867. The molecule has 1 heterocycles. The number of amides is 5. The molecule has 4 atom stereocenters. The van der Waals surface area contributed by atoms with E-state index in [1.165, 1.54) is 6.92 Å². The molecule has 14 heteroatoms. The first-order valence-corrected chi connectivity index (χ1v) is 16.7. The van der Waals surface area contributed by atoms with Crippen molar-refractivity contribution < 1.29 is 24.0 Å². The minimum Gasteiger partial charge on any atom is -0.370 e. The zero-order chi connectivity index (χ0) is 36.8. The molecular formula is C37H45N9O5. The van der Waals surface area contributed by atoms with E-state index in [-0.39, 0.29) is 38.2 Å². The molecule has 0 aliphatic carbocycles. The van der Waals surface area contributed by atoms with Crippen LogP contribution in [-0.2, 0) is 43.2 Å². The molecule has 0 spiro atoms. The van der Waals surface area contributed by atoms with E-state index in [1.54, 1.807) is 18.3 Å². The summed E-state index contributed by atoms with van der Waals surface area (Å²) in [6.07, 6.45) is 2.54. The average Bonchev–Trinajstić information content (AvgIpc) is 3.51. The lowest BCUT2D eigenvalue weighted by molar-refractivity contribution is -0.134. The van der Waals surface area contributed by atoms with E-state index in [1.807, 2.05) is 72.8 Å². The molecule has 0 radical (unpaired) electrons. The number of rotatable bonds is 18. The van der Waals surface area contributed by atoms with Crippen LogP contribution in [0.1, 0.15) is 36.5 Å². The van der Waals surface area contributed by atoms with Crippen molar-refractivity contribution in [3.05, 3.63) is 108 Å². The van der Waals surface area contributed by atoms with Crippen LogP contribution in [0.2, 0.25) is 0 Å². The van der Waals surface area contributed by atoms with Crippen LogP contribution in [0.4, 0.5) is 0 Å². The molecule has 11 N–H and O–H groups in total. The predicted octanol–water partition coefficient (Wildman–Crippen LogP) is 0.694. The Morgan fingerprint density at radius 1 is 0.647 bits per heavy atom. The van der Waals surface area contributed by atoms with Crippen molar-refractivity contribution in [2.45, 2.75) is 63.2 Å². The van der Waals surface area contributed by atoms with Gasteiger partial charge in [-0.05, 0) is 35.6 Å². The summed E-state index contributed by atoms with van der Waals surface area (Å²) in [5, 5.41) is 11.8. The molecule has 0 aliphatic heterocycles. The third-order valence-corrected chi connectivity index (χ3v) is 8.23. The molecule has 0 aliphatic rings. The number of nitrogens with one attached hydrogen (secondary N) is 5. The number of guanidine groups is 1. The third kappa shape index (κ3) is 11.7. The number of nitrogens with two attached hydrogens (primary N) is 3. The quantitative estimate of drug-likeness (QED) is 0.0421. The highest BCUT2D eigenvalue weighted by molar-refractivity contribution is 5.96. The first-order chi connectivity index (χ1) is 24.5.